The summed E-state index contributed by atoms with van der Waals surface area (Å²) in [5.41, 5.74) is 14.0. The molecule has 7 nitrogen and oxygen atoms in total. The molecule has 0 atom stereocenters. The van der Waals surface area contributed by atoms with Crippen LogP contribution < -0.4 is 16.4 Å². The molecule has 0 radical (unpaired) electrons. The number of hydrogen-bond acceptors (Lipinski definition) is 6. The normalized spacial score (nSPS) is 19.9. The van der Waals surface area contributed by atoms with Crippen molar-refractivity contribution < 1.29 is 0 Å². The lowest BCUT2D eigenvalue weighted by molar-refractivity contribution is 0.306. The molecule has 5 N–H and O–H groups in total. The first-order chi connectivity index (χ1) is 11.6. The third-order valence-electron chi connectivity index (χ3n) is 4.87. The van der Waals surface area contributed by atoms with Crippen molar-refractivity contribution in [1.29, 1.82) is 5.26 Å². The van der Waals surface area contributed by atoms with Crippen molar-refractivity contribution in [1.82, 2.24) is 4.98 Å². The Morgan fingerprint density at radius 3 is 2.75 bits per heavy atom. The number of nitriles is 1. The number of nitrogens with one attached hydrogen (secondary N) is 1. The monoisotopic (exact) mass is 321 g/mol. The van der Waals surface area contributed by atoms with E-state index in [0.717, 1.165) is 42.3 Å². The Morgan fingerprint density at radius 1 is 1.21 bits per heavy atom. The SMILES string of the molecule is N#Cc1cc(N2C(N)=NC(N)=NC23CCCCC3)c2cc[nH]c2c1. The molecule has 0 bridgehead atoms. The number of nitrogens with two attached hydrogens (primary N) is 2. The van der Waals surface area contributed by atoms with Crippen LogP contribution in [-0.2, 0) is 0 Å². The Kier molecular flexibility index (Phi) is 3.20. The standard InChI is InChI=1S/C17H19N7/c18-10-11-8-13-12(4-7-21-13)14(9-11)24-16(20)22-15(19)23-17(24)5-2-1-3-6-17/h4,7-9,21H,1-3,5-6H2,(H4,19,20,22,23). The van der Waals surface area contributed by atoms with Gasteiger partial charge in [-0.2, -0.15) is 10.3 Å². The molecule has 7 heteroatoms. The summed E-state index contributed by atoms with van der Waals surface area (Å²) in [4.78, 5) is 14.0. The molecule has 1 aliphatic carbocycles. The molecular formula is C17H19N7. The average molecular weight is 321 g/mol. The van der Waals surface area contributed by atoms with Crippen LogP contribution in [-0.4, -0.2) is 22.6 Å². The van der Waals surface area contributed by atoms with Crippen molar-refractivity contribution in [3.8, 4) is 6.07 Å². The molecule has 1 aliphatic heterocycles. The molecule has 2 aromatic rings. The van der Waals surface area contributed by atoms with Gasteiger partial charge in [-0.25, -0.2) is 4.99 Å². The highest BCUT2D eigenvalue weighted by molar-refractivity contribution is 6.10. The fourth-order valence-electron chi connectivity index (χ4n) is 3.87. The molecule has 1 aromatic carbocycles. The number of nitrogens with zero attached hydrogens (tertiary/aromatic N) is 4. The summed E-state index contributed by atoms with van der Waals surface area (Å²) >= 11 is 0. The fourth-order valence-corrected chi connectivity index (χ4v) is 3.87. The number of H-pyrrole nitrogens is 1. The third kappa shape index (κ3) is 2.11. The van der Waals surface area contributed by atoms with E-state index in [4.69, 9.17) is 11.5 Å². The van der Waals surface area contributed by atoms with Gasteiger partial charge >= 0.3 is 0 Å². The van der Waals surface area contributed by atoms with Crippen LogP contribution in [0.5, 0.6) is 0 Å². The van der Waals surface area contributed by atoms with Crippen LogP contribution in [0, 0.1) is 11.3 Å². The lowest BCUT2D eigenvalue weighted by Gasteiger charge is -2.45. The van der Waals surface area contributed by atoms with E-state index in [1.165, 1.54) is 6.42 Å². The Labute approximate surface area is 139 Å². The summed E-state index contributed by atoms with van der Waals surface area (Å²) in [7, 11) is 0. The fraction of sp³-hybridized carbons (Fsp3) is 0.353. The van der Waals surface area contributed by atoms with E-state index >= 15 is 0 Å². The summed E-state index contributed by atoms with van der Waals surface area (Å²) in [5, 5.41) is 10.4. The minimum absolute atomic E-state index is 0.229. The number of fused-ring (bicyclic) bond motifs is 1. The van der Waals surface area contributed by atoms with Crippen molar-refractivity contribution in [3.05, 3.63) is 30.0 Å². The van der Waals surface area contributed by atoms with E-state index in [2.05, 4.69) is 21.0 Å². The van der Waals surface area contributed by atoms with Gasteiger partial charge in [0.05, 0.1) is 17.3 Å². The molecule has 1 spiro atoms. The molecule has 0 unspecified atom stereocenters. The Morgan fingerprint density at radius 2 is 2.00 bits per heavy atom. The maximum absolute atomic E-state index is 9.38. The molecule has 2 aliphatic rings. The lowest BCUT2D eigenvalue weighted by Crippen LogP contribution is -2.58. The van der Waals surface area contributed by atoms with Gasteiger partial charge in [0, 0.05) is 17.1 Å². The summed E-state index contributed by atoms with van der Waals surface area (Å²) in [6.45, 7) is 0. The summed E-state index contributed by atoms with van der Waals surface area (Å²) < 4.78 is 0. The third-order valence-corrected chi connectivity index (χ3v) is 4.87. The zero-order valence-electron chi connectivity index (χ0n) is 13.3. The summed E-state index contributed by atoms with van der Waals surface area (Å²) in [6.07, 6.45) is 6.90. The highest BCUT2D eigenvalue weighted by atomic mass is 15.4. The molecule has 1 saturated carbocycles. The van der Waals surface area contributed by atoms with Gasteiger partial charge in [0.25, 0.3) is 0 Å². The van der Waals surface area contributed by atoms with Crippen molar-refractivity contribution in [2.75, 3.05) is 4.90 Å². The van der Waals surface area contributed by atoms with Gasteiger partial charge in [-0.1, -0.05) is 6.42 Å². The van der Waals surface area contributed by atoms with Crippen molar-refractivity contribution in [2.45, 2.75) is 37.8 Å². The van der Waals surface area contributed by atoms with E-state index < -0.39 is 5.66 Å². The van der Waals surface area contributed by atoms with Crippen molar-refractivity contribution in [2.24, 2.45) is 21.5 Å². The van der Waals surface area contributed by atoms with Crippen molar-refractivity contribution in [3.63, 3.8) is 0 Å². The zero-order valence-corrected chi connectivity index (χ0v) is 13.3. The van der Waals surface area contributed by atoms with Crippen LogP contribution in [0.3, 0.4) is 0 Å². The van der Waals surface area contributed by atoms with E-state index in [0.29, 0.717) is 11.5 Å². The molecule has 0 amide bonds. The van der Waals surface area contributed by atoms with Crippen LogP contribution in [0.2, 0.25) is 0 Å². The lowest BCUT2D eigenvalue weighted by atomic mass is 9.87. The molecule has 4 rings (SSSR count). The Hall–Kier alpha value is -3.01. The molecule has 2 heterocycles. The first kappa shape index (κ1) is 14.6. The van der Waals surface area contributed by atoms with E-state index in [1.807, 2.05) is 29.3 Å². The number of hydrogen-bond donors (Lipinski definition) is 3. The second-order valence-corrected chi connectivity index (χ2v) is 6.36. The van der Waals surface area contributed by atoms with E-state index in [9.17, 15) is 5.26 Å². The van der Waals surface area contributed by atoms with Gasteiger partial charge in [-0.3, -0.25) is 4.90 Å². The van der Waals surface area contributed by atoms with Crippen LogP contribution in [0.15, 0.2) is 34.4 Å². The Bertz CT molecular complexity index is 893. The van der Waals surface area contributed by atoms with Gasteiger partial charge < -0.3 is 16.5 Å². The van der Waals surface area contributed by atoms with Gasteiger partial charge in [-0.15, -0.1) is 0 Å². The predicted molar refractivity (Wildman–Crippen MR) is 94.6 cm³/mol. The molecule has 24 heavy (non-hydrogen) atoms. The summed E-state index contributed by atoms with van der Waals surface area (Å²) in [6, 6.07) is 7.89. The van der Waals surface area contributed by atoms with Gasteiger partial charge in [0.1, 0.15) is 5.66 Å². The van der Waals surface area contributed by atoms with Gasteiger partial charge in [0.15, 0.2) is 0 Å². The second-order valence-electron chi connectivity index (χ2n) is 6.36. The molecule has 0 saturated heterocycles. The number of guanidine groups is 2. The van der Waals surface area contributed by atoms with Gasteiger partial charge in [-0.05, 0) is 43.9 Å². The van der Waals surface area contributed by atoms with Crippen LogP contribution >= 0.6 is 0 Å². The van der Waals surface area contributed by atoms with Crippen LogP contribution in [0.25, 0.3) is 10.9 Å². The molecule has 1 aromatic heterocycles. The molecule has 1 fully saturated rings. The number of rotatable bonds is 1. The minimum atomic E-state index is -0.507. The maximum atomic E-state index is 9.38. The van der Waals surface area contributed by atoms with Gasteiger partial charge in [0.2, 0.25) is 11.9 Å². The highest BCUT2D eigenvalue weighted by Gasteiger charge is 2.43. The number of benzene rings is 1. The number of anilines is 1. The van der Waals surface area contributed by atoms with Crippen LogP contribution in [0.1, 0.15) is 37.7 Å². The van der Waals surface area contributed by atoms with Crippen molar-refractivity contribution >= 4 is 28.5 Å². The minimum Gasteiger partial charge on any atom is -0.369 e. The quantitative estimate of drug-likeness (QED) is 0.745. The zero-order chi connectivity index (χ0) is 16.7. The highest BCUT2D eigenvalue weighted by Crippen LogP contribution is 2.41. The average Bonchev–Trinajstić information content (AvgIpc) is 3.03. The number of aliphatic imine (C=N–C) groups is 2. The first-order valence-corrected chi connectivity index (χ1v) is 8.14. The van der Waals surface area contributed by atoms with Crippen LogP contribution in [0.4, 0.5) is 5.69 Å². The topological polar surface area (TPSA) is 120 Å². The Balaban J connectivity index is 1.95. The van der Waals surface area contributed by atoms with E-state index in [-0.39, 0.29) is 5.96 Å². The molecule has 122 valence electrons. The smallest absolute Gasteiger partial charge is 0.220 e. The second kappa shape index (κ2) is 5.27. The predicted octanol–water partition coefficient (Wildman–Crippen LogP) is 2.15. The first-order valence-electron chi connectivity index (χ1n) is 8.14. The largest absolute Gasteiger partial charge is 0.369 e. The number of aromatic nitrogens is 1. The summed E-state index contributed by atoms with van der Waals surface area (Å²) in [5.74, 6) is 0.564. The maximum Gasteiger partial charge on any atom is 0.220 e. The van der Waals surface area contributed by atoms with E-state index in [1.54, 1.807) is 0 Å². The molecular weight excluding hydrogens is 302 g/mol. The number of aromatic amines is 1.